The minimum atomic E-state index is -1.17. The van der Waals surface area contributed by atoms with Gasteiger partial charge in [0.05, 0.1) is 0 Å². The van der Waals surface area contributed by atoms with Crippen LogP contribution in [0.4, 0.5) is 4.79 Å². The molecular weight excluding hydrogens is 256 g/mol. The highest BCUT2D eigenvalue weighted by molar-refractivity contribution is 6.07. The Kier molecular flexibility index (Phi) is 2.64. The maximum absolute atomic E-state index is 12.4. The van der Waals surface area contributed by atoms with Gasteiger partial charge in [0.15, 0.2) is 5.54 Å². The van der Waals surface area contributed by atoms with Crippen LogP contribution in [0, 0.1) is 0 Å². The van der Waals surface area contributed by atoms with Crippen molar-refractivity contribution in [3.05, 3.63) is 48.7 Å². The molecule has 3 rings (SSSR count). The van der Waals surface area contributed by atoms with E-state index in [9.17, 15) is 9.59 Å². The van der Waals surface area contributed by atoms with E-state index in [-0.39, 0.29) is 12.5 Å². The molecule has 0 spiro atoms. The summed E-state index contributed by atoms with van der Waals surface area (Å²) in [4.78, 5) is 25.4. The van der Waals surface area contributed by atoms with E-state index in [4.69, 9.17) is 4.42 Å². The molecule has 0 radical (unpaired) electrons. The first-order valence-corrected chi connectivity index (χ1v) is 6.30. The molecule has 2 heterocycles. The van der Waals surface area contributed by atoms with Gasteiger partial charge < -0.3 is 9.73 Å². The third-order valence-corrected chi connectivity index (χ3v) is 3.50. The SMILES string of the molecule is C=CCN1C(=O)NC(C)(c2cc3ccccc3o2)C1=O. The van der Waals surface area contributed by atoms with E-state index in [1.54, 1.807) is 13.0 Å². The summed E-state index contributed by atoms with van der Waals surface area (Å²) < 4.78 is 5.71. The van der Waals surface area contributed by atoms with Gasteiger partial charge in [-0.2, -0.15) is 0 Å². The summed E-state index contributed by atoms with van der Waals surface area (Å²) in [6.45, 7) is 5.38. The van der Waals surface area contributed by atoms with Gasteiger partial charge in [-0.25, -0.2) is 4.79 Å². The van der Waals surface area contributed by atoms with Crippen LogP contribution in [0.2, 0.25) is 0 Å². The lowest BCUT2D eigenvalue weighted by molar-refractivity contribution is -0.131. The highest BCUT2D eigenvalue weighted by atomic mass is 16.3. The van der Waals surface area contributed by atoms with E-state index in [0.717, 1.165) is 10.3 Å². The molecule has 0 aliphatic carbocycles. The first kappa shape index (κ1) is 12.5. The van der Waals surface area contributed by atoms with E-state index in [1.807, 2.05) is 24.3 Å². The van der Waals surface area contributed by atoms with Gasteiger partial charge in [-0.15, -0.1) is 6.58 Å². The molecule has 5 nitrogen and oxygen atoms in total. The molecule has 1 atom stereocenters. The summed E-state index contributed by atoms with van der Waals surface area (Å²) in [5, 5.41) is 3.58. The minimum Gasteiger partial charge on any atom is -0.458 e. The number of hydrogen-bond donors (Lipinski definition) is 1. The first-order chi connectivity index (χ1) is 9.56. The monoisotopic (exact) mass is 270 g/mol. The number of imide groups is 1. The molecule has 1 aromatic heterocycles. The average molecular weight is 270 g/mol. The largest absolute Gasteiger partial charge is 0.458 e. The van der Waals surface area contributed by atoms with E-state index >= 15 is 0 Å². The lowest BCUT2D eigenvalue weighted by atomic mass is 9.99. The zero-order chi connectivity index (χ0) is 14.3. The molecule has 1 aliphatic heterocycles. The predicted molar refractivity (Wildman–Crippen MR) is 74.0 cm³/mol. The summed E-state index contributed by atoms with van der Waals surface area (Å²) in [6.07, 6.45) is 1.52. The molecule has 2 aromatic rings. The quantitative estimate of drug-likeness (QED) is 0.688. The molecule has 3 amide bonds. The van der Waals surface area contributed by atoms with Crippen LogP contribution in [0.3, 0.4) is 0 Å². The van der Waals surface area contributed by atoms with Crippen LogP contribution in [-0.2, 0) is 10.3 Å². The topological polar surface area (TPSA) is 62.6 Å². The van der Waals surface area contributed by atoms with Gasteiger partial charge in [-0.1, -0.05) is 24.3 Å². The molecule has 1 fully saturated rings. The van der Waals surface area contributed by atoms with Crippen molar-refractivity contribution < 1.29 is 14.0 Å². The number of carbonyl (C=O) groups excluding carboxylic acids is 2. The second-order valence-electron chi connectivity index (χ2n) is 4.91. The normalized spacial score (nSPS) is 22.4. The van der Waals surface area contributed by atoms with Gasteiger partial charge in [0, 0.05) is 11.9 Å². The number of amides is 3. The van der Waals surface area contributed by atoms with E-state index in [0.29, 0.717) is 11.3 Å². The smallest absolute Gasteiger partial charge is 0.325 e. The summed E-state index contributed by atoms with van der Waals surface area (Å²) in [5.74, 6) is 0.102. The van der Waals surface area contributed by atoms with Crippen molar-refractivity contribution in [3.8, 4) is 0 Å². The van der Waals surface area contributed by atoms with Crippen molar-refractivity contribution in [1.82, 2.24) is 10.2 Å². The number of para-hydroxylation sites is 1. The molecule has 1 unspecified atom stereocenters. The van der Waals surface area contributed by atoms with Gasteiger partial charge in [-0.05, 0) is 19.1 Å². The maximum Gasteiger partial charge on any atom is 0.325 e. The molecule has 20 heavy (non-hydrogen) atoms. The molecule has 5 heteroatoms. The maximum atomic E-state index is 12.4. The van der Waals surface area contributed by atoms with Gasteiger partial charge in [-0.3, -0.25) is 9.69 Å². The summed E-state index contributed by atoms with van der Waals surface area (Å²) in [5.41, 5.74) is -0.480. The fourth-order valence-corrected chi connectivity index (χ4v) is 2.39. The first-order valence-electron chi connectivity index (χ1n) is 6.30. The zero-order valence-corrected chi connectivity index (χ0v) is 11.1. The van der Waals surface area contributed by atoms with Crippen LogP contribution in [0.1, 0.15) is 12.7 Å². The van der Waals surface area contributed by atoms with Crippen LogP contribution in [0.5, 0.6) is 0 Å². The number of fused-ring (bicyclic) bond motifs is 1. The van der Waals surface area contributed by atoms with Crippen molar-refractivity contribution in [2.75, 3.05) is 6.54 Å². The van der Waals surface area contributed by atoms with Crippen molar-refractivity contribution >= 4 is 22.9 Å². The van der Waals surface area contributed by atoms with Crippen LogP contribution in [0.15, 0.2) is 47.4 Å². The zero-order valence-electron chi connectivity index (χ0n) is 11.1. The molecule has 0 saturated carbocycles. The Morgan fingerprint density at radius 3 is 2.85 bits per heavy atom. The summed E-state index contributed by atoms with van der Waals surface area (Å²) >= 11 is 0. The van der Waals surface area contributed by atoms with Crippen molar-refractivity contribution in [3.63, 3.8) is 0 Å². The Hall–Kier alpha value is -2.56. The third-order valence-electron chi connectivity index (χ3n) is 3.50. The summed E-state index contributed by atoms with van der Waals surface area (Å²) in [7, 11) is 0. The van der Waals surface area contributed by atoms with Crippen molar-refractivity contribution in [1.29, 1.82) is 0 Å². The second-order valence-corrected chi connectivity index (χ2v) is 4.91. The van der Waals surface area contributed by atoms with E-state index in [2.05, 4.69) is 11.9 Å². The van der Waals surface area contributed by atoms with Crippen molar-refractivity contribution in [2.45, 2.75) is 12.5 Å². The number of urea groups is 1. The van der Waals surface area contributed by atoms with Gasteiger partial charge in [0.25, 0.3) is 5.91 Å². The van der Waals surface area contributed by atoms with Crippen molar-refractivity contribution in [2.24, 2.45) is 0 Å². The van der Waals surface area contributed by atoms with Gasteiger partial charge in [0.1, 0.15) is 11.3 Å². The number of hydrogen-bond acceptors (Lipinski definition) is 3. The number of rotatable bonds is 3. The fourth-order valence-electron chi connectivity index (χ4n) is 2.39. The molecule has 1 saturated heterocycles. The van der Waals surface area contributed by atoms with E-state index < -0.39 is 11.6 Å². The molecule has 1 aliphatic rings. The summed E-state index contributed by atoms with van der Waals surface area (Å²) in [6, 6.07) is 8.82. The van der Waals surface area contributed by atoms with Gasteiger partial charge >= 0.3 is 6.03 Å². The van der Waals surface area contributed by atoms with Crippen LogP contribution in [0.25, 0.3) is 11.0 Å². The van der Waals surface area contributed by atoms with Crippen LogP contribution in [-0.4, -0.2) is 23.4 Å². The molecule has 1 aromatic carbocycles. The Labute approximate surface area is 115 Å². The highest BCUT2D eigenvalue weighted by Crippen LogP contribution is 2.32. The molecule has 102 valence electrons. The number of nitrogens with zero attached hydrogens (tertiary/aromatic N) is 1. The Morgan fingerprint density at radius 1 is 1.40 bits per heavy atom. The van der Waals surface area contributed by atoms with E-state index in [1.165, 1.54) is 6.08 Å². The Morgan fingerprint density at radius 2 is 2.15 bits per heavy atom. The number of benzene rings is 1. The number of nitrogens with one attached hydrogen (secondary N) is 1. The van der Waals surface area contributed by atoms with Crippen LogP contribution >= 0.6 is 0 Å². The van der Waals surface area contributed by atoms with Crippen LogP contribution < -0.4 is 5.32 Å². The third kappa shape index (κ3) is 1.63. The minimum absolute atomic E-state index is 0.181. The Bertz CT molecular complexity index is 686. The predicted octanol–water partition coefficient (Wildman–Crippen LogP) is 2.39. The lowest BCUT2D eigenvalue weighted by Crippen LogP contribution is -2.40. The fraction of sp³-hybridized carbons (Fsp3) is 0.200. The standard InChI is InChI=1S/C15H14N2O3/c1-3-8-17-13(18)15(2,16-14(17)19)12-9-10-6-4-5-7-11(10)20-12/h3-7,9H,1,8H2,2H3,(H,16,19). The molecule has 0 bridgehead atoms. The average Bonchev–Trinajstić information content (AvgIpc) is 2.95. The number of carbonyl (C=O) groups is 2. The highest BCUT2D eigenvalue weighted by Gasteiger charge is 2.50. The molecular formula is C15H14N2O3. The second kappa shape index (κ2) is 4.23. The van der Waals surface area contributed by atoms with Gasteiger partial charge in [0.2, 0.25) is 0 Å². The lowest BCUT2D eigenvalue weighted by Gasteiger charge is -2.18. The number of furan rings is 1. The Balaban J connectivity index is 2.06. The molecule has 1 N–H and O–H groups in total.